The summed E-state index contributed by atoms with van der Waals surface area (Å²) in [5.41, 5.74) is 0.171. The van der Waals surface area contributed by atoms with Gasteiger partial charge in [0.05, 0.1) is 6.61 Å². The molecule has 154 valence electrons. The van der Waals surface area contributed by atoms with Gasteiger partial charge in [-0.2, -0.15) is 4.39 Å². The molecule has 0 N–H and O–H groups in total. The fourth-order valence-electron chi connectivity index (χ4n) is 3.38. The van der Waals surface area contributed by atoms with Gasteiger partial charge in [-0.3, -0.25) is 4.90 Å². The van der Waals surface area contributed by atoms with Crippen LogP contribution in [0.2, 0.25) is 0 Å². The molecule has 0 atom stereocenters. The summed E-state index contributed by atoms with van der Waals surface area (Å²) in [5.74, 6) is 0.958. The minimum absolute atomic E-state index is 0. The zero-order valence-electron chi connectivity index (χ0n) is 15.9. The van der Waals surface area contributed by atoms with Crippen LogP contribution < -0.4 is 15.3 Å². The van der Waals surface area contributed by atoms with Crippen LogP contribution in [0.5, 0.6) is 5.75 Å². The van der Waals surface area contributed by atoms with Crippen LogP contribution in [-0.2, 0) is 0 Å². The lowest BCUT2D eigenvalue weighted by atomic mass is 10.2. The van der Waals surface area contributed by atoms with Crippen molar-refractivity contribution >= 4 is 29.2 Å². The summed E-state index contributed by atoms with van der Waals surface area (Å²) in [4.78, 5) is 19.8. The third kappa shape index (κ3) is 5.46. The highest BCUT2D eigenvalue weighted by Gasteiger charge is 2.17. The topological polar surface area (TPSA) is 58.8 Å². The number of hydrogen-bond acceptors (Lipinski definition) is 6. The minimum atomic E-state index is -0.440. The van der Waals surface area contributed by atoms with Crippen molar-refractivity contribution in [3.63, 3.8) is 0 Å². The van der Waals surface area contributed by atoms with Crippen molar-refractivity contribution in [2.45, 2.75) is 6.42 Å². The van der Waals surface area contributed by atoms with Crippen molar-refractivity contribution in [2.75, 3.05) is 44.2 Å². The van der Waals surface area contributed by atoms with Gasteiger partial charge in [0.2, 0.25) is 5.95 Å². The van der Waals surface area contributed by atoms with E-state index in [0.29, 0.717) is 23.8 Å². The summed E-state index contributed by atoms with van der Waals surface area (Å²) >= 11 is 0. The van der Waals surface area contributed by atoms with Crippen molar-refractivity contribution in [3.8, 4) is 5.75 Å². The normalized spacial score (nSPS) is 14.6. The molecule has 3 aromatic rings. The molecule has 0 unspecified atom stereocenters. The average Bonchev–Trinajstić information content (AvgIpc) is 2.71. The predicted molar refractivity (Wildman–Crippen MR) is 113 cm³/mol. The number of benzene rings is 1. The second-order valence-corrected chi connectivity index (χ2v) is 6.80. The van der Waals surface area contributed by atoms with E-state index in [-0.39, 0.29) is 18.0 Å². The summed E-state index contributed by atoms with van der Waals surface area (Å²) in [6.45, 7) is 5.03. The van der Waals surface area contributed by atoms with Crippen LogP contribution in [0.25, 0.3) is 11.0 Å². The van der Waals surface area contributed by atoms with E-state index in [2.05, 4.69) is 14.8 Å². The predicted octanol–water partition coefficient (Wildman–Crippen LogP) is 3.34. The number of nitrogens with zero attached hydrogens (tertiary/aromatic N) is 3. The largest absolute Gasteiger partial charge is 0.493 e. The molecule has 8 heteroatoms. The Morgan fingerprint density at radius 2 is 1.86 bits per heavy atom. The molecule has 29 heavy (non-hydrogen) atoms. The SMILES string of the molecule is Cl.O=c1ccc2ccc(OCCCN3CCN(c4cccc(F)n4)CC3)cc2o1. The number of ether oxygens (including phenoxy) is 1. The van der Waals surface area contributed by atoms with Crippen LogP contribution in [0.3, 0.4) is 0 Å². The maximum atomic E-state index is 13.3. The molecule has 1 aliphatic heterocycles. The third-order valence-electron chi connectivity index (χ3n) is 4.88. The molecule has 0 spiro atoms. The third-order valence-corrected chi connectivity index (χ3v) is 4.88. The second-order valence-electron chi connectivity index (χ2n) is 6.80. The Kier molecular flexibility index (Phi) is 7.06. The van der Waals surface area contributed by atoms with Crippen molar-refractivity contribution in [3.05, 3.63) is 64.9 Å². The van der Waals surface area contributed by atoms with Gasteiger partial charge in [-0.05, 0) is 36.8 Å². The van der Waals surface area contributed by atoms with E-state index < -0.39 is 5.95 Å². The Morgan fingerprint density at radius 1 is 1.07 bits per heavy atom. The standard InChI is InChI=1S/C21H22FN3O3.ClH/c22-19-3-1-4-20(23-19)25-12-10-24(11-13-25)9-2-14-27-17-7-5-16-6-8-21(26)28-18(16)15-17;/h1,3-8,15H,2,9-14H2;1H. The summed E-state index contributed by atoms with van der Waals surface area (Å²) in [6, 6.07) is 13.6. The molecule has 1 aromatic carbocycles. The molecular weight excluding hydrogens is 397 g/mol. The Bertz CT molecular complexity index is 1010. The molecule has 3 heterocycles. The van der Waals surface area contributed by atoms with Gasteiger partial charge >= 0.3 is 5.63 Å². The zero-order chi connectivity index (χ0) is 19.3. The van der Waals surface area contributed by atoms with E-state index in [4.69, 9.17) is 9.15 Å². The van der Waals surface area contributed by atoms with Crippen LogP contribution in [0, 0.1) is 5.95 Å². The molecule has 1 saturated heterocycles. The highest BCUT2D eigenvalue weighted by atomic mass is 35.5. The summed E-state index contributed by atoms with van der Waals surface area (Å²) in [6.07, 6.45) is 0.898. The van der Waals surface area contributed by atoms with Gasteiger partial charge in [0, 0.05) is 50.2 Å². The first-order chi connectivity index (χ1) is 13.7. The quantitative estimate of drug-likeness (QED) is 0.347. The van der Waals surface area contributed by atoms with Crippen LogP contribution in [0.15, 0.2) is 57.7 Å². The van der Waals surface area contributed by atoms with E-state index in [1.165, 1.54) is 12.1 Å². The Balaban J connectivity index is 0.00000240. The monoisotopic (exact) mass is 419 g/mol. The molecule has 4 rings (SSSR count). The molecule has 0 aliphatic carbocycles. The van der Waals surface area contributed by atoms with E-state index in [9.17, 15) is 9.18 Å². The highest BCUT2D eigenvalue weighted by Crippen LogP contribution is 2.19. The smallest absolute Gasteiger partial charge is 0.336 e. The van der Waals surface area contributed by atoms with Gasteiger partial charge in [0.15, 0.2) is 0 Å². The molecule has 1 fully saturated rings. The lowest BCUT2D eigenvalue weighted by Crippen LogP contribution is -2.47. The van der Waals surface area contributed by atoms with Crippen LogP contribution >= 0.6 is 12.4 Å². The number of halogens is 2. The Morgan fingerprint density at radius 3 is 2.66 bits per heavy atom. The lowest BCUT2D eigenvalue weighted by molar-refractivity contribution is 0.224. The number of aromatic nitrogens is 1. The van der Waals surface area contributed by atoms with Crippen LogP contribution in [0.1, 0.15) is 6.42 Å². The minimum Gasteiger partial charge on any atom is -0.493 e. The Hall–Kier alpha value is -2.64. The average molecular weight is 420 g/mol. The van der Waals surface area contributed by atoms with Crippen molar-refractivity contribution in [1.29, 1.82) is 0 Å². The maximum Gasteiger partial charge on any atom is 0.336 e. The number of rotatable bonds is 6. The van der Waals surface area contributed by atoms with Gasteiger partial charge in [-0.1, -0.05) is 6.07 Å². The van der Waals surface area contributed by atoms with Gasteiger partial charge in [-0.15, -0.1) is 12.4 Å². The fraction of sp³-hybridized carbons (Fsp3) is 0.333. The van der Waals surface area contributed by atoms with E-state index in [1.54, 1.807) is 18.2 Å². The van der Waals surface area contributed by atoms with Gasteiger partial charge in [-0.25, -0.2) is 9.78 Å². The van der Waals surface area contributed by atoms with Crippen molar-refractivity contribution < 1.29 is 13.5 Å². The Labute approximate surface area is 174 Å². The molecule has 1 aliphatic rings. The van der Waals surface area contributed by atoms with Gasteiger partial charge in [0.1, 0.15) is 17.2 Å². The number of pyridine rings is 1. The summed E-state index contributed by atoms with van der Waals surface area (Å²) < 4.78 is 24.2. The van der Waals surface area contributed by atoms with Crippen LogP contribution in [-0.4, -0.2) is 49.2 Å². The summed E-state index contributed by atoms with van der Waals surface area (Å²) in [5, 5.41) is 0.873. The number of piperazine rings is 1. The first-order valence-corrected chi connectivity index (χ1v) is 9.44. The number of hydrogen-bond donors (Lipinski definition) is 0. The molecule has 6 nitrogen and oxygen atoms in total. The lowest BCUT2D eigenvalue weighted by Gasteiger charge is -2.35. The zero-order valence-corrected chi connectivity index (χ0v) is 16.7. The van der Waals surface area contributed by atoms with Gasteiger partial charge in [0.25, 0.3) is 0 Å². The van der Waals surface area contributed by atoms with E-state index in [1.807, 2.05) is 18.2 Å². The van der Waals surface area contributed by atoms with E-state index in [0.717, 1.165) is 44.5 Å². The fourth-order valence-corrected chi connectivity index (χ4v) is 3.38. The van der Waals surface area contributed by atoms with Crippen LogP contribution in [0.4, 0.5) is 10.2 Å². The number of fused-ring (bicyclic) bond motifs is 1. The molecule has 0 radical (unpaired) electrons. The maximum absolute atomic E-state index is 13.3. The van der Waals surface area contributed by atoms with Crippen molar-refractivity contribution in [2.24, 2.45) is 0 Å². The second kappa shape index (κ2) is 9.71. The summed E-state index contributed by atoms with van der Waals surface area (Å²) in [7, 11) is 0. The first kappa shape index (κ1) is 21.1. The van der Waals surface area contributed by atoms with E-state index >= 15 is 0 Å². The highest BCUT2D eigenvalue weighted by molar-refractivity contribution is 5.85. The molecule has 0 amide bonds. The van der Waals surface area contributed by atoms with Gasteiger partial charge < -0.3 is 14.1 Å². The molecule has 0 bridgehead atoms. The van der Waals surface area contributed by atoms with Crippen molar-refractivity contribution in [1.82, 2.24) is 9.88 Å². The molecule has 2 aromatic heterocycles. The molecule has 0 saturated carbocycles. The first-order valence-electron chi connectivity index (χ1n) is 9.44. The number of anilines is 1. The molecular formula is C21H23ClFN3O3.